The number of benzene rings is 1. The fourth-order valence-corrected chi connectivity index (χ4v) is 2.25. The summed E-state index contributed by atoms with van der Waals surface area (Å²) in [5, 5.41) is 13.9. The molecular weight excluding hydrogens is 264 g/mol. The van der Waals surface area contributed by atoms with Crippen molar-refractivity contribution in [3.63, 3.8) is 0 Å². The van der Waals surface area contributed by atoms with Crippen LogP contribution in [0.4, 0.5) is 0 Å². The number of aromatic carboxylic acids is 1. The van der Waals surface area contributed by atoms with Crippen LogP contribution in [-0.4, -0.2) is 20.9 Å². The second-order valence-electron chi connectivity index (χ2n) is 4.42. The van der Waals surface area contributed by atoms with Gasteiger partial charge in [0, 0.05) is 23.3 Å². The van der Waals surface area contributed by atoms with E-state index < -0.39 is 5.97 Å². The number of hydrogen-bond donors (Lipinski definition) is 1. The highest BCUT2D eigenvalue weighted by molar-refractivity contribution is 6.31. The van der Waals surface area contributed by atoms with Crippen molar-refractivity contribution in [2.45, 2.75) is 26.8 Å². The summed E-state index contributed by atoms with van der Waals surface area (Å²) in [4.78, 5) is 11.0. The molecule has 0 aliphatic heterocycles. The molecule has 1 aromatic heterocycles. The highest BCUT2D eigenvalue weighted by atomic mass is 35.5. The Morgan fingerprint density at radius 2 is 2.16 bits per heavy atom. The molecule has 0 aliphatic carbocycles. The minimum absolute atomic E-state index is 0.185. The van der Waals surface area contributed by atoms with Gasteiger partial charge in [-0.05, 0) is 37.1 Å². The fraction of sp³-hybridized carbons (Fsp3) is 0.286. The Morgan fingerprint density at radius 1 is 1.42 bits per heavy atom. The van der Waals surface area contributed by atoms with Crippen LogP contribution in [0.3, 0.4) is 0 Å². The summed E-state index contributed by atoms with van der Waals surface area (Å²) < 4.78 is 1.87. The van der Waals surface area contributed by atoms with E-state index in [1.807, 2.05) is 17.8 Å². The average molecular weight is 279 g/mol. The molecule has 0 amide bonds. The van der Waals surface area contributed by atoms with E-state index >= 15 is 0 Å². The third-order valence-corrected chi connectivity index (χ3v) is 3.07. The largest absolute Gasteiger partial charge is 0.478 e. The molecule has 0 saturated heterocycles. The van der Waals surface area contributed by atoms with Crippen molar-refractivity contribution in [2.75, 3.05) is 0 Å². The maximum Gasteiger partial charge on any atom is 0.335 e. The molecule has 0 saturated carbocycles. The monoisotopic (exact) mass is 278 g/mol. The molecular formula is C14H15ClN2O2. The minimum atomic E-state index is -0.984. The lowest BCUT2D eigenvalue weighted by molar-refractivity contribution is 0.0697. The number of halogens is 1. The molecule has 1 aromatic carbocycles. The van der Waals surface area contributed by atoms with Gasteiger partial charge >= 0.3 is 5.97 Å². The van der Waals surface area contributed by atoms with Crippen LogP contribution in [-0.2, 0) is 6.54 Å². The molecule has 2 aromatic rings. The van der Waals surface area contributed by atoms with E-state index in [2.05, 4.69) is 12.0 Å². The number of aryl methyl sites for hydroxylation is 2. The molecule has 0 spiro atoms. The van der Waals surface area contributed by atoms with Gasteiger partial charge in [-0.3, -0.25) is 4.68 Å². The zero-order valence-electron chi connectivity index (χ0n) is 10.9. The van der Waals surface area contributed by atoms with Crippen LogP contribution in [0.5, 0.6) is 0 Å². The van der Waals surface area contributed by atoms with Crippen molar-refractivity contribution in [1.82, 2.24) is 9.78 Å². The smallest absolute Gasteiger partial charge is 0.335 e. The van der Waals surface area contributed by atoms with Crippen LogP contribution in [0.2, 0.25) is 5.02 Å². The second-order valence-corrected chi connectivity index (χ2v) is 4.86. The summed E-state index contributed by atoms with van der Waals surface area (Å²) in [6, 6.07) is 4.82. The van der Waals surface area contributed by atoms with Gasteiger partial charge in [-0.15, -0.1) is 0 Å². The van der Waals surface area contributed by atoms with E-state index in [1.165, 1.54) is 6.07 Å². The molecule has 4 nitrogen and oxygen atoms in total. The lowest BCUT2D eigenvalue weighted by atomic mass is 10.0. The predicted octanol–water partition coefficient (Wildman–Crippen LogP) is 3.62. The molecule has 0 aliphatic rings. The summed E-state index contributed by atoms with van der Waals surface area (Å²) >= 11 is 5.97. The Hall–Kier alpha value is -1.81. The summed E-state index contributed by atoms with van der Waals surface area (Å²) in [5.74, 6) is -0.984. The first-order chi connectivity index (χ1) is 9.01. The van der Waals surface area contributed by atoms with Crippen LogP contribution >= 0.6 is 11.6 Å². The normalized spacial score (nSPS) is 10.7. The van der Waals surface area contributed by atoms with Gasteiger partial charge in [0.05, 0.1) is 11.3 Å². The van der Waals surface area contributed by atoms with Gasteiger partial charge in [0.25, 0.3) is 0 Å². The molecule has 19 heavy (non-hydrogen) atoms. The molecule has 0 fully saturated rings. The first kappa shape index (κ1) is 13.6. The van der Waals surface area contributed by atoms with E-state index in [0.717, 1.165) is 29.8 Å². The fourth-order valence-electron chi connectivity index (χ4n) is 2.01. The Balaban J connectivity index is 2.49. The maximum absolute atomic E-state index is 11.0. The number of hydrogen-bond acceptors (Lipinski definition) is 2. The standard InChI is InChI=1S/C14H15ClN2O2/c1-3-4-17-8-13(9(2)16-17)10-5-11(14(18)19)7-12(15)6-10/h5-8H,3-4H2,1-2H3,(H,18,19). The van der Waals surface area contributed by atoms with Crippen molar-refractivity contribution in [3.05, 3.63) is 40.7 Å². The highest BCUT2D eigenvalue weighted by Gasteiger charge is 2.11. The van der Waals surface area contributed by atoms with Gasteiger partial charge in [0.2, 0.25) is 0 Å². The SMILES string of the molecule is CCCn1cc(-c2cc(Cl)cc(C(=O)O)c2)c(C)n1. The van der Waals surface area contributed by atoms with E-state index in [4.69, 9.17) is 16.7 Å². The summed E-state index contributed by atoms with van der Waals surface area (Å²) in [6.07, 6.45) is 2.92. The lowest BCUT2D eigenvalue weighted by Crippen LogP contribution is -1.96. The zero-order chi connectivity index (χ0) is 14.0. The third-order valence-electron chi connectivity index (χ3n) is 2.85. The topological polar surface area (TPSA) is 55.1 Å². The van der Waals surface area contributed by atoms with Gasteiger partial charge in [-0.2, -0.15) is 5.10 Å². The molecule has 0 unspecified atom stereocenters. The quantitative estimate of drug-likeness (QED) is 0.929. The van der Waals surface area contributed by atoms with Gasteiger partial charge in [-0.25, -0.2) is 4.79 Å². The Morgan fingerprint density at radius 3 is 2.79 bits per heavy atom. The van der Waals surface area contributed by atoms with Crippen LogP contribution < -0.4 is 0 Å². The molecule has 1 heterocycles. The van der Waals surface area contributed by atoms with Crippen molar-refractivity contribution >= 4 is 17.6 Å². The number of rotatable bonds is 4. The van der Waals surface area contributed by atoms with Gasteiger partial charge < -0.3 is 5.11 Å². The Bertz CT molecular complexity index is 620. The van der Waals surface area contributed by atoms with Crippen LogP contribution in [0.25, 0.3) is 11.1 Å². The molecule has 1 N–H and O–H groups in total. The van der Waals surface area contributed by atoms with E-state index in [9.17, 15) is 4.79 Å². The Labute approximate surface area is 116 Å². The number of carboxylic acids is 1. The van der Waals surface area contributed by atoms with Crippen LogP contribution in [0, 0.1) is 6.92 Å². The first-order valence-corrected chi connectivity index (χ1v) is 6.47. The van der Waals surface area contributed by atoms with Gasteiger partial charge in [-0.1, -0.05) is 18.5 Å². The van der Waals surface area contributed by atoms with E-state index in [-0.39, 0.29) is 5.56 Å². The second kappa shape index (κ2) is 5.45. The van der Waals surface area contributed by atoms with Crippen LogP contribution in [0.1, 0.15) is 29.4 Å². The van der Waals surface area contributed by atoms with Gasteiger partial charge in [0.15, 0.2) is 0 Å². The number of aromatic nitrogens is 2. The molecule has 5 heteroatoms. The number of carboxylic acid groups (broad SMARTS) is 1. The Kier molecular flexibility index (Phi) is 3.90. The summed E-state index contributed by atoms with van der Waals surface area (Å²) in [5.41, 5.74) is 2.75. The maximum atomic E-state index is 11.0. The van der Waals surface area contributed by atoms with Crippen molar-refractivity contribution in [2.24, 2.45) is 0 Å². The van der Waals surface area contributed by atoms with Crippen molar-refractivity contribution < 1.29 is 9.90 Å². The third kappa shape index (κ3) is 2.96. The van der Waals surface area contributed by atoms with E-state index in [0.29, 0.717) is 5.02 Å². The molecule has 0 radical (unpaired) electrons. The highest BCUT2D eigenvalue weighted by Crippen LogP contribution is 2.27. The number of nitrogens with zero attached hydrogens (tertiary/aromatic N) is 2. The summed E-state index contributed by atoms with van der Waals surface area (Å²) in [7, 11) is 0. The molecule has 0 atom stereocenters. The van der Waals surface area contributed by atoms with E-state index in [1.54, 1.807) is 12.1 Å². The first-order valence-electron chi connectivity index (χ1n) is 6.09. The summed E-state index contributed by atoms with van der Waals surface area (Å²) in [6.45, 7) is 4.83. The average Bonchev–Trinajstić information content (AvgIpc) is 2.70. The molecule has 100 valence electrons. The van der Waals surface area contributed by atoms with Crippen molar-refractivity contribution in [1.29, 1.82) is 0 Å². The van der Waals surface area contributed by atoms with Crippen molar-refractivity contribution in [3.8, 4) is 11.1 Å². The lowest BCUT2D eigenvalue weighted by Gasteiger charge is -2.03. The molecule has 0 bridgehead atoms. The zero-order valence-corrected chi connectivity index (χ0v) is 11.6. The predicted molar refractivity (Wildman–Crippen MR) is 74.7 cm³/mol. The van der Waals surface area contributed by atoms with Gasteiger partial charge in [0.1, 0.15) is 0 Å². The minimum Gasteiger partial charge on any atom is -0.478 e. The molecule has 2 rings (SSSR count). The van der Waals surface area contributed by atoms with Crippen LogP contribution in [0.15, 0.2) is 24.4 Å². The number of carbonyl (C=O) groups is 1.